The van der Waals surface area contributed by atoms with E-state index in [1.54, 1.807) is 0 Å². The summed E-state index contributed by atoms with van der Waals surface area (Å²) in [6, 6.07) is 201. The summed E-state index contributed by atoms with van der Waals surface area (Å²) in [6.07, 6.45) is 6.13. The van der Waals surface area contributed by atoms with Crippen molar-refractivity contribution in [2.75, 3.05) is 24.6 Å². The average molecular weight is 1990 g/mol. The van der Waals surface area contributed by atoms with Crippen molar-refractivity contribution in [3.05, 3.63) is 602 Å². The molecule has 0 aromatic heterocycles. The zero-order chi connectivity index (χ0) is 98.2. The molecule has 0 heterocycles. The predicted octanol–water partition coefficient (Wildman–Crippen LogP) is 27.4. The summed E-state index contributed by atoms with van der Waals surface area (Å²) in [5.41, 5.74) is 12.0. The van der Waals surface area contributed by atoms with Crippen LogP contribution in [0.2, 0.25) is 0 Å². The third-order valence-corrected chi connectivity index (χ3v) is 45.4. The monoisotopic (exact) mass is 1980 g/mol. The number of hydrogen-bond acceptors (Lipinski definition) is 0. The lowest BCUT2D eigenvalue weighted by Gasteiger charge is -2.24. The highest BCUT2D eigenvalue weighted by atomic mass is 31.1. The van der Waals surface area contributed by atoms with Gasteiger partial charge in [-0.3, -0.25) is 0 Å². The predicted molar refractivity (Wildman–Crippen MR) is 644 cm³/mol. The molecule has 0 aliphatic heterocycles. The lowest BCUT2D eigenvalue weighted by atomic mass is 10.2. The molecule has 0 spiro atoms. The standard InChI is InChI=1S/C27H26P2.C26H24P2.3C21H21P.C18H15P/c1-5-14-24(15-6-1)28(25-16-7-2-8-17-25)22-13-23-29(26-18-9-3-10-19-26)27-20-11-4-12-21-27;1-5-13-23(14-6-1)27(24-15-7-2-8-16-24)21-22-28(25-17-9-3-10-18-25)26-19-11-4-12-20-26;1-16-4-10-19(11-5-16)22(20-12-6-17(2)7-13-20)21-14-8-18(3)9-15-21;1-16-7-4-10-19(13-16)22(20-11-5-8-17(2)14-20)21-12-6-9-18(3)15-21;1-16-10-4-7-13-19(16)22(20-14-8-5-11-17(20)2)21-15-9-6-12-18(21)3;1-4-10-16(11-5-1)19(17-12-6-2-7-13-17)18-14-8-3-9-15-18/h1-12,14-21H,13,22-23H2;1-20H,21-22H2;3*4-15H,1-3H3;1-15H. The third-order valence-electron chi connectivity index (χ3n) is 24.6. The largest absolute Gasteiger partial charge is 0.0622 e. The highest BCUT2D eigenvalue weighted by Gasteiger charge is 2.26. The maximum absolute atomic E-state index is 2.33. The van der Waals surface area contributed by atoms with E-state index in [-0.39, 0.29) is 31.7 Å². The zero-order valence-corrected chi connectivity index (χ0v) is 90.3. The molecule has 20 aromatic carbocycles. The van der Waals surface area contributed by atoms with Gasteiger partial charge in [0, 0.05) is 0 Å². The first-order valence-electron chi connectivity index (χ1n) is 49.2. The van der Waals surface area contributed by atoms with Crippen LogP contribution in [-0.4, -0.2) is 24.6 Å². The van der Waals surface area contributed by atoms with Gasteiger partial charge < -0.3 is 0 Å². The topological polar surface area (TPSA) is 0 Å². The van der Waals surface area contributed by atoms with Crippen LogP contribution in [0.4, 0.5) is 0 Å². The van der Waals surface area contributed by atoms with Crippen molar-refractivity contribution in [2.45, 2.75) is 68.7 Å². The molecule has 0 saturated heterocycles. The Hall–Kier alpha value is -12.2. The molecule has 0 bridgehead atoms. The quantitative estimate of drug-likeness (QED) is 0.0450. The minimum atomic E-state index is -0.508. The Labute approximate surface area is 858 Å². The molecule has 0 fully saturated rings. The van der Waals surface area contributed by atoms with Gasteiger partial charge in [0.05, 0.1) is 0 Å². The molecular formula is C134H128P8. The fourth-order valence-electron chi connectivity index (χ4n) is 17.4. The van der Waals surface area contributed by atoms with Crippen molar-refractivity contribution >= 4 is 169 Å². The van der Waals surface area contributed by atoms with Gasteiger partial charge in [0.2, 0.25) is 0 Å². The van der Waals surface area contributed by atoms with E-state index in [0.29, 0.717) is 0 Å². The van der Waals surface area contributed by atoms with E-state index >= 15 is 0 Å². The van der Waals surface area contributed by atoms with Gasteiger partial charge in [0.15, 0.2) is 0 Å². The molecule has 0 atom stereocenters. The van der Waals surface area contributed by atoms with Crippen LogP contribution in [0.15, 0.2) is 552 Å². The molecule has 0 N–H and O–H groups in total. The second-order valence-corrected chi connectivity index (χ2v) is 53.5. The van der Waals surface area contributed by atoms with E-state index < -0.39 is 31.7 Å². The van der Waals surface area contributed by atoms with E-state index in [9.17, 15) is 0 Å². The molecule has 8 heteroatoms. The number of aryl methyl sites for hydroxylation is 9. The molecular weight excluding hydrogens is 1860 g/mol. The minimum absolute atomic E-state index is 0.309. The van der Waals surface area contributed by atoms with Gasteiger partial charge in [-0.1, -0.05) is 585 Å². The van der Waals surface area contributed by atoms with Gasteiger partial charge in [-0.05, 0) is 280 Å². The van der Waals surface area contributed by atoms with Crippen LogP contribution in [0.5, 0.6) is 0 Å². The van der Waals surface area contributed by atoms with Gasteiger partial charge in [0.25, 0.3) is 0 Å². The highest BCUT2D eigenvalue weighted by Crippen LogP contribution is 2.44. The van der Waals surface area contributed by atoms with Gasteiger partial charge in [-0.15, -0.1) is 0 Å². The Balaban J connectivity index is 0.000000129. The van der Waals surface area contributed by atoms with Crippen molar-refractivity contribution in [3.63, 3.8) is 0 Å². The van der Waals surface area contributed by atoms with Gasteiger partial charge >= 0.3 is 0 Å². The first-order valence-corrected chi connectivity index (χ1v) is 60.6. The summed E-state index contributed by atoms with van der Waals surface area (Å²) in [4.78, 5) is 0. The second kappa shape index (κ2) is 55.5. The summed E-state index contributed by atoms with van der Waals surface area (Å²) in [5, 5.41) is 28.9. The molecule has 0 unspecified atom stereocenters. The van der Waals surface area contributed by atoms with Crippen LogP contribution in [0, 0.1) is 62.3 Å². The zero-order valence-electron chi connectivity index (χ0n) is 83.2. The van der Waals surface area contributed by atoms with Crippen LogP contribution in [0.3, 0.4) is 0 Å². The smallest absolute Gasteiger partial charge is 0.0122 e. The van der Waals surface area contributed by atoms with Crippen molar-refractivity contribution in [2.24, 2.45) is 0 Å². The first-order chi connectivity index (χ1) is 69.7. The van der Waals surface area contributed by atoms with Crippen molar-refractivity contribution in [1.29, 1.82) is 0 Å². The molecule has 142 heavy (non-hydrogen) atoms. The Kier molecular flexibility index (Phi) is 40.7. The first kappa shape index (κ1) is 104. The van der Waals surface area contributed by atoms with Gasteiger partial charge in [-0.25, -0.2) is 0 Å². The van der Waals surface area contributed by atoms with Crippen LogP contribution < -0.4 is 106 Å². The highest BCUT2D eigenvalue weighted by molar-refractivity contribution is 7.81. The lowest BCUT2D eigenvalue weighted by Crippen LogP contribution is -2.25. The molecule has 0 aliphatic rings. The molecule has 704 valence electrons. The normalized spacial score (nSPS) is 10.9. The second-order valence-electron chi connectivity index (χ2n) is 35.4. The maximum Gasteiger partial charge on any atom is -0.0122 e. The van der Waals surface area contributed by atoms with Gasteiger partial charge in [-0.2, -0.15) is 0 Å². The van der Waals surface area contributed by atoms with Crippen molar-refractivity contribution < 1.29 is 0 Å². The lowest BCUT2D eigenvalue weighted by molar-refractivity contribution is 1.11. The number of rotatable bonds is 27. The molecule has 0 nitrogen and oxygen atoms in total. The summed E-state index contributed by atoms with van der Waals surface area (Å²) in [5.74, 6) is 0. The summed E-state index contributed by atoms with van der Waals surface area (Å²) in [6.45, 7) is 19.6. The Morgan fingerprint density at radius 1 is 0.120 bits per heavy atom. The molecule has 20 aromatic rings. The maximum atomic E-state index is 2.33. The fraction of sp³-hybridized carbons (Fsp3) is 0.104. The molecule has 0 amide bonds. The Morgan fingerprint density at radius 2 is 0.282 bits per heavy atom. The van der Waals surface area contributed by atoms with Crippen LogP contribution in [-0.2, 0) is 0 Å². The molecule has 20 rings (SSSR count). The van der Waals surface area contributed by atoms with E-state index in [2.05, 4.69) is 614 Å². The minimum Gasteiger partial charge on any atom is -0.0622 e. The molecule has 0 radical (unpaired) electrons. The van der Waals surface area contributed by atoms with Crippen LogP contribution in [0.25, 0.3) is 0 Å². The van der Waals surface area contributed by atoms with Gasteiger partial charge in [0.1, 0.15) is 0 Å². The van der Waals surface area contributed by atoms with Crippen molar-refractivity contribution in [3.8, 4) is 0 Å². The van der Waals surface area contributed by atoms with Crippen molar-refractivity contribution in [1.82, 2.24) is 0 Å². The summed E-state index contributed by atoms with van der Waals surface area (Å²) >= 11 is 0. The van der Waals surface area contributed by atoms with E-state index in [1.807, 2.05) is 0 Å². The summed E-state index contributed by atoms with van der Waals surface area (Å²) in [7, 11) is -3.25. The molecule has 0 aliphatic carbocycles. The number of benzene rings is 20. The van der Waals surface area contributed by atoms with Crippen LogP contribution in [0.1, 0.15) is 56.5 Å². The fourth-order valence-corrected chi connectivity index (χ4v) is 37.6. The Bertz CT molecular complexity index is 6330. The van der Waals surface area contributed by atoms with E-state index in [0.717, 1.165) is 0 Å². The van der Waals surface area contributed by atoms with E-state index in [1.165, 1.54) is 187 Å². The average Bonchev–Trinajstić information content (AvgIpc) is 0.762. The van der Waals surface area contributed by atoms with E-state index in [4.69, 9.17) is 0 Å². The Morgan fingerprint density at radius 3 is 0.479 bits per heavy atom. The summed E-state index contributed by atoms with van der Waals surface area (Å²) < 4.78 is 0. The van der Waals surface area contributed by atoms with Crippen LogP contribution >= 0.6 is 63.4 Å². The molecule has 0 saturated carbocycles. The third kappa shape index (κ3) is 30.5. The SMILES string of the molecule is Cc1ccc(P(c2ccc(C)cc2)c2ccc(C)cc2)cc1.Cc1cccc(P(c2cccc(C)c2)c2cccc(C)c2)c1.Cc1ccccc1P(c1ccccc1C)c1ccccc1C.c1ccc(P(CCCP(c2ccccc2)c2ccccc2)c2ccccc2)cc1.c1ccc(P(CCP(c2ccccc2)c2ccccc2)c2ccccc2)cc1.c1ccc(P(c2ccccc2)c2ccccc2)cc1. The number of hydrogen-bond donors (Lipinski definition) is 0.